The van der Waals surface area contributed by atoms with Crippen molar-refractivity contribution in [2.24, 2.45) is 0 Å². The summed E-state index contributed by atoms with van der Waals surface area (Å²) in [4.78, 5) is 10.1. The minimum Gasteiger partial charge on any atom is -0.423 e. The van der Waals surface area contributed by atoms with Gasteiger partial charge in [-0.1, -0.05) is 12.1 Å². The van der Waals surface area contributed by atoms with Crippen LogP contribution in [0.2, 0.25) is 0 Å². The van der Waals surface area contributed by atoms with Crippen molar-refractivity contribution in [3.05, 3.63) is 33.9 Å². The van der Waals surface area contributed by atoms with E-state index in [-0.39, 0.29) is 5.69 Å². The molecule has 14 heavy (non-hydrogen) atoms. The van der Waals surface area contributed by atoms with Gasteiger partial charge in [-0.15, -0.1) is 0 Å². The molecule has 1 N–H and O–H groups in total. The number of hydrogen-bond acceptors (Lipinski definition) is 4. The van der Waals surface area contributed by atoms with Crippen LogP contribution in [0.3, 0.4) is 0 Å². The van der Waals surface area contributed by atoms with Crippen molar-refractivity contribution in [2.45, 2.75) is 6.92 Å². The molecule has 0 aliphatic heterocycles. The van der Waals surface area contributed by atoms with Gasteiger partial charge in [-0.3, -0.25) is 10.1 Å². The van der Waals surface area contributed by atoms with E-state index in [1.54, 1.807) is 19.1 Å². The van der Waals surface area contributed by atoms with E-state index in [4.69, 9.17) is 0 Å². The van der Waals surface area contributed by atoms with Gasteiger partial charge in [-0.05, 0) is 12.4 Å². The molecule has 1 rings (SSSR count). The molecule has 0 aliphatic carbocycles. The zero-order valence-corrected chi connectivity index (χ0v) is 7.93. The lowest BCUT2D eigenvalue weighted by Gasteiger charge is -2.04. The summed E-state index contributed by atoms with van der Waals surface area (Å²) in [6.45, 7) is 1.64. The number of aryl methyl sites for hydroxylation is 1. The van der Waals surface area contributed by atoms with Crippen LogP contribution in [0.15, 0.2) is 18.2 Å². The van der Waals surface area contributed by atoms with Crippen molar-refractivity contribution in [3.8, 4) is 0 Å². The fourth-order valence-electron chi connectivity index (χ4n) is 1.11. The number of rotatable bonds is 3. The summed E-state index contributed by atoms with van der Waals surface area (Å²) < 4.78 is 4.64. The Morgan fingerprint density at radius 3 is 2.71 bits per heavy atom. The summed E-state index contributed by atoms with van der Waals surface area (Å²) in [7, 11) is 0.213. The number of nitro groups is 1. The first-order valence-corrected chi connectivity index (χ1v) is 4.02. The Bertz CT molecular complexity index is 355. The van der Waals surface area contributed by atoms with Crippen LogP contribution in [0.1, 0.15) is 5.56 Å². The summed E-state index contributed by atoms with van der Waals surface area (Å²) in [5.41, 5.74) is 0.922. The second-order valence-electron chi connectivity index (χ2n) is 2.89. The Labute approximate surface area is 81.6 Å². The van der Waals surface area contributed by atoms with Gasteiger partial charge in [0.2, 0.25) is 0 Å². The van der Waals surface area contributed by atoms with Crippen LogP contribution in [0.25, 0.3) is 0 Å². The molecule has 0 atom stereocenters. The van der Waals surface area contributed by atoms with Crippen molar-refractivity contribution in [1.29, 1.82) is 0 Å². The molecule has 0 saturated carbocycles. The second-order valence-corrected chi connectivity index (χ2v) is 2.89. The van der Waals surface area contributed by atoms with Crippen LogP contribution >= 0.6 is 0 Å². The van der Waals surface area contributed by atoms with Crippen molar-refractivity contribution in [2.75, 3.05) is 7.11 Å². The maximum absolute atomic E-state index is 10.6. The van der Waals surface area contributed by atoms with Gasteiger partial charge in [-0.2, -0.15) is 0 Å². The van der Waals surface area contributed by atoms with Gasteiger partial charge >= 0.3 is 7.12 Å². The quantitative estimate of drug-likeness (QED) is 0.425. The average Bonchev–Trinajstić information content (AvgIpc) is 2.17. The Balaban J connectivity index is 3.12. The predicted octanol–water partition coefficient (Wildman–Crippen LogP) is 0.237. The zero-order chi connectivity index (χ0) is 10.7. The van der Waals surface area contributed by atoms with Gasteiger partial charge in [0.25, 0.3) is 5.69 Å². The monoisotopic (exact) mass is 195 g/mol. The highest BCUT2D eigenvalue weighted by atomic mass is 16.6. The predicted molar refractivity (Wildman–Crippen MR) is 52.4 cm³/mol. The molecule has 6 heteroatoms. The minimum absolute atomic E-state index is 0.0152. The van der Waals surface area contributed by atoms with Crippen LogP contribution in [0.4, 0.5) is 5.69 Å². The van der Waals surface area contributed by atoms with Crippen LogP contribution < -0.4 is 5.46 Å². The minimum atomic E-state index is -1.12. The highest BCUT2D eigenvalue weighted by molar-refractivity contribution is 6.60. The summed E-state index contributed by atoms with van der Waals surface area (Å²) in [6, 6.07) is 4.48. The Kier molecular flexibility index (Phi) is 3.21. The maximum atomic E-state index is 10.6. The molecule has 5 nitrogen and oxygen atoms in total. The van der Waals surface area contributed by atoms with E-state index < -0.39 is 12.0 Å². The summed E-state index contributed by atoms with van der Waals surface area (Å²) >= 11 is 0. The van der Waals surface area contributed by atoms with Gasteiger partial charge in [0.15, 0.2) is 0 Å². The van der Waals surface area contributed by atoms with Crippen LogP contribution in [0, 0.1) is 17.0 Å². The average molecular weight is 195 g/mol. The van der Waals surface area contributed by atoms with Crippen molar-refractivity contribution in [3.63, 3.8) is 0 Å². The van der Waals surface area contributed by atoms with Gasteiger partial charge in [0.1, 0.15) is 0 Å². The van der Waals surface area contributed by atoms with Crippen LogP contribution in [0.5, 0.6) is 0 Å². The van der Waals surface area contributed by atoms with E-state index in [0.29, 0.717) is 11.0 Å². The molecule has 1 aromatic rings. The van der Waals surface area contributed by atoms with E-state index in [1.165, 1.54) is 13.2 Å². The molecule has 0 aliphatic rings. The normalized spacial score (nSPS) is 9.93. The summed E-state index contributed by atoms with van der Waals surface area (Å²) in [5.74, 6) is 0. The molecule has 0 bridgehead atoms. The van der Waals surface area contributed by atoms with E-state index >= 15 is 0 Å². The Hall–Kier alpha value is -1.40. The maximum Gasteiger partial charge on any atom is 0.491 e. The summed E-state index contributed by atoms with van der Waals surface area (Å²) in [6.07, 6.45) is 0. The number of hydrogen-bond donors (Lipinski definition) is 1. The molecule has 0 fully saturated rings. The van der Waals surface area contributed by atoms with Gasteiger partial charge in [0, 0.05) is 18.7 Å². The van der Waals surface area contributed by atoms with Gasteiger partial charge in [-0.25, -0.2) is 0 Å². The molecular weight excluding hydrogens is 185 g/mol. The number of nitro benzene ring substituents is 1. The molecule has 1 aromatic carbocycles. The fraction of sp³-hybridized carbons (Fsp3) is 0.250. The first kappa shape index (κ1) is 10.7. The second kappa shape index (κ2) is 4.21. The summed E-state index contributed by atoms with van der Waals surface area (Å²) in [5, 5.41) is 19.8. The lowest BCUT2D eigenvalue weighted by molar-refractivity contribution is -0.385. The van der Waals surface area contributed by atoms with E-state index in [9.17, 15) is 15.1 Å². The first-order chi connectivity index (χ1) is 6.56. The van der Waals surface area contributed by atoms with Gasteiger partial charge in [0.05, 0.1) is 4.92 Å². The zero-order valence-electron chi connectivity index (χ0n) is 7.93. The lowest BCUT2D eigenvalue weighted by atomic mass is 9.79. The SMILES string of the molecule is COB(O)c1ccc(C)c([N+](=O)[O-])c1. The van der Waals surface area contributed by atoms with E-state index in [0.717, 1.165) is 0 Å². The molecular formula is C8H10BNO4. The third-order valence-electron chi connectivity index (χ3n) is 1.94. The topological polar surface area (TPSA) is 72.6 Å². The van der Waals surface area contributed by atoms with Crippen LogP contribution in [-0.4, -0.2) is 24.2 Å². The van der Waals surface area contributed by atoms with Gasteiger partial charge < -0.3 is 9.68 Å². The molecule has 0 aromatic heterocycles. The lowest BCUT2D eigenvalue weighted by Crippen LogP contribution is -2.32. The molecule has 0 saturated heterocycles. The highest BCUT2D eigenvalue weighted by Crippen LogP contribution is 2.14. The molecule has 0 radical (unpaired) electrons. The van der Waals surface area contributed by atoms with Crippen molar-refractivity contribution >= 4 is 18.3 Å². The highest BCUT2D eigenvalue weighted by Gasteiger charge is 2.19. The number of benzene rings is 1. The standard InChI is InChI=1S/C8H10BNO4/c1-6-3-4-7(9(11)14-2)5-8(6)10(12)13/h3-5,11H,1-2H3. The third kappa shape index (κ3) is 2.10. The first-order valence-electron chi connectivity index (χ1n) is 4.02. The van der Waals surface area contributed by atoms with E-state index in [1.807, 2.05) is 0 Å². The fourth-order valence-corrected chi connectivity index (χ4v) is 1.11. The largest absolute Gasteiger partial charge is 0.491 e. The number of nitrogens with zero attached hydrogens (tertiary/aromatic N) is 1. The molecule has 0 heterocycles. The Morgan fingerprint density at radius 2 is 2.21 bits per heavy atom. The van der Waals surface area contributed by atoms with E-state index in [2.05, 4.69) is 4.65 Å². The molecule has 0 amide bonds. The Morgan fingerprint density at radius 1 is 1.57 bits per heavy atom. The smallest absolute Gasteiger partial charge is 0.423 e. The molecule has 0 spiro atoms. The van der Waals surface area contributed by atoms with Crippen LogP contribution in [-0.2, 0) is 4.65 Å². The molecule has 0 unspecified atom stereocenters. The van der Waals surface area contributed by atoms with Crippen molar-refractivity contribution in [1.82, 2.24) is 0 Å². The molecule has 74 valence electrons. The van der Waals surface area contributed by atoms with Crippen molar-refractivity contribution < 1.29 is 14.6 Å². The third-order valence-corrected chi connectivity index (χ3v) is 1.94.